The summed E-state index contributed by atoms with van der Waals surface area (Å²) in [5.41, 5.74) is 0. The Morgan fingerprint density at radius 3 is 2.25 bits per heavy atom. The summed E-state index contributed by atoms with van der Waals surface area (Å²) in [5, 5.41) is 3.15. The van der Waals surface area contributed by atoms with Crippen LogP contribution in [0.5, 0.6) is 0 Å². The van der Waals surface area contributed by atoms with Gasteiger partial charge in [0.15, 0.2) is 0 Å². The molecule has 0 aromatic rings. The Bertz CT molecular complexity index is 109. The molecule has 0 amide bonds. The molecular weight excluding hydrogens is 154 g/mol. The van der Waals surface area contributed by atoms with Crippen molar-refractivity contribution in [1.29, 1.82) is 0 Å². The number of rotatable bonds is 6. The minimum Gasteiger partial charge on any atom is -0.382 e. The van der Waals surface area contributed by atoms with Crippen LogP contribution in [0, 0.1) is 0 Å². The normalized spacial score (nSPS) is 18.8. The molecule has 0 aliphatic carbocycles. The standard InChI is InChI=1S/C9H21NO2/c1-7(6-11-5)12-9(3)8(2)10-4/h7-10H,6H2,1-5H3. The fourth-order valence-electron chi connectivity index (χ4n) is 0.993. The second-order valence-electron chi connectivity index (χ2n) is 3.18. The van der Waals surface area contributed by atoms with E-state index in [1.807, 2.05) is 14.0 Å². The zero-order valence-electron chi connectivity index (χ0n) is 8.76. The second kappa shape index (κ2) is 6.40. The molecule has 0 heterocycles. The summed E-state index contributed by atoms with van der Waals surface area (Å²) >= 11 is 0. The van der Waals surface area contributed by atoms with Gasteiger partial charge in [0, 0.05) is 13.2 Å². The van der Waals surface area contributed by atoms with E-state index in [1.54, 1.807) is 7.11 Å². The van der Waals surface area contributed by atoms with Crippen LogP contribution in [0.1, 0.15) is 20.8 Å². The highest BCUT2D eigenvalue weighted by Gasteiger charge is 2.13. The molecule has 3 unspecified atom stereocenters. The largest absolute Gasteiger partial charge is 0.382 e. The summed E-state index contributed by atoms with van der Waals surface area (Å²) in [6.07, 6.45) is 0.390. The molecule has 0 bridgehead atoms. The molecule has 0 spiro atoms. The fraction of sp³-hybridized carbons (Fsp3) is 1.00. The zero-order chi connectivity index (χ0) is 9.56. The van der Waals surface area contributed by atoms with Crippen molar-refractivity contribution >= 4 is 0 Å². The Hall–Kier alpha value is -0.120. The van der Waals surface area contributed by atoms with E-state index >= 15 is 0 Å². The Morgan fingerprint density at radius 1 is 1.25 bits per heavy atom. The van der Waals surface area contributed by atoms with Crippen LogP contribution in [0.4, 0.5) is 0 Å². The maximum Gasteiger partial charge on any atom is 0.0784 e. The molecule has 0 aromatic heterocycles. The third kappa shape index (κ3) is 4.70. The molecule has 0 saturated heterocycles. The van der Waals surface area contributed by atoms with Gasteiger partial charge in [0.1, 0.15) is 0 Å². The van der Waals surface area contributed by atoms with Gasteiger partial charge in [-0.25, -0.2) is 0 Å². The molecule has 1 N–H and O–H groups in total. The lowest BCUT2D eigenvalue weighted by atomic mass is 10.2. The van der Waals surface area contributed by atoms with Crippen LogP contribution in [0.3, 0.4) is 0 Å². The average molecular weight is 175 g/mol. The van der Waals surface area contributed by atoms with Gasteiger partial charge in [0.2, 0.25) is 0 Å². The quantitative estimate of drug-likeness (QED) is 0.654. The van der Waals surface area contributed by atoms with Crippen molar-refractivity contribution in [3.8, 4) is 0 Å². The van der Waals surface area contributed by atoms with E-state index in [2.05, 4.69) is 19.2 Å². The van der Waals surface area contributed by atoms with E-state index in [9.17, 15) is 0 Å². The summed E-state index contributed by atoms with van der Waals surface area (Å²) in [7, 11) is 3.62. The molecule has 0 aliphatic heterocycles. The van der Waals surface area contributed by atoms with Crippen LogP contribution in [0.15, 0.2) is 0 Å². The molecule has 12 heavy (non-hydrogen) atoms. The maximum atomic E-state index is 5.66. The third-order valence-electron chi connectivity index (χ3n) is 2.01. The van der Waals surface area contributed by atoms with E-state index in [0.29, 0.717) is 12.6 Å². The van der Waals surface area contributed by atoms with Gasteiger partial charge in [-0.2, -0.15) is 0 Å². The average Bonchev–Trinajstić information content (AvgIpc) is 2.03. The summed E-state index contributed by atoms with van der Waals surface area (Å²) < 4.78 is 10.6. The van der Waals surface area contributed by atoms with Crippen molar-refractivity contribution in [2.24, 2.45) is 0 Å². The van der Waals surface area contributed by atoms with E-state index in [4.69, 9.17) is 9.47 Å². The molecule has 0 aromatic carbocycles. The molecule has 0 fully saturated rings. The van der Waals surface area contributed by atoms with Crippen LogP contribution in [0.25, 0.3) is 0 Å². The number of methoxy groups -OCH3 is 1. The van der Waals surface area contributed by atoms with Gasteiger partial charge in [0.25, 0.3) is 0 Å². The van der Waals surface area contributed by atoms with E-state index in [-0.39, 0.29) is 12.2 Å². The van der Waals surface area contributed by atoms with Gasteiger partial charge in [-0.3, -0.25) is 0 Å². The molecule has 0 saturated carbocycles. The number of nitrogens with one attached hydrogen (secondary N) is 1. The number of likely N-dealkylation sites (N-methyl/N-ethyl adjacent to an activating group) is 1. The Morgan fingerprint density at radius 2 is 1.83 bits per heavy atom. The van der Waals surface area contributed by atoms with Crippen molar-refractivity contribution in [2.75, 3.05) is 20.8 Å². The summed E-state index contributed by atoms with van der Waals surface area (Å²) in [5.74, 6) is 0. The Balaban J connectivity index is 3.59. The Kier molecular flexibility index (Phi) is 6.34. The summed E-state index contributed by atoms with van der Waals surface area (Å²) in [4.78, 5) is 0. The van der Waals surface area contributed by atoms with E-state index in [1.165, 1.54) is 0 Å². The predicted octanol–water partition coefficient (Wildman–Crippen LogP) is 1.03. The number of hydrogen-bond donors (Lipinski definition) is 1. The highest BCUT2D eigenvalue weighted by atomic mass is 16.5. The first-order chi connectivity index (χ1) is 5.61. The minimum atomic E-state index is 0.167. The number of hydrogen-bond acceptors (Lipinski definition) is 3. The van der Waals surface area contributed by atoms with Crippen molar-refractivity contribution in [3.63, 3.8) is 0 Å². The van der Waals surface area contributed by atoms with Crippen molar-refractivity contribution in [3.05, 3.63) is 0 Å². The Labute approximate surface area is 75.4 Å². The van der Waals surface area contributed by atoms with Crippen molar-refractivity contribution in [1.82, 2.24) is 5.32 Å². The van der Waals surface area contributed by atoms with Crippen LogP contribution in [-0.4, -0.2) is 39.0 Å². The highest BCUT2D eigenvalue weighted by molar-refractivity contribution is 4.67. The van der Waals surface area contributed by atoms with Gasteiger partial charge in [0.05, 0.1) is 18.8 Å². The van der Waals surface area contributed by atoms with Crippen LogP contribution >= 0.6 is 0 Å². The molecule has 3 nitrogen and oxygen atoms in total. The topological polar surface area (TPSA) is 30.5 Å². The monoisotopic (exact) mass is 175 g/mol. The van der Waals surface area contributed by atoms with Crippen LogP contribution in [0.2, 0.25) is 0 Å². The van der Waals surface area contributed by atoms with Crippen molar-refractivity contribution < 1.29 is 9.47 Å². The van der Waals surface area contributed by atoms with Gasteiger partial charge < -0.3 is 14.8 Å². The summed E-state index contributed by atoms with van der Waals surface area (Å²) in [6.45, 7) is 6.83. The van der Waals surface area contributed by atoms with E-state index < -0.39 is 0 Å². The molecule has 74 valence electrons. The molecule has 0 aliphatic rings. The van der Waals surface area contributed by atoms with E-state index in [0.717, 1.165) is 0 Å². The first-order valence-electron chi connectivity index (χ1n) is 4.43. The van der Waals surface area contributed by atoms with Gasteiger partial charge in [-0.05, 0) is 27.8 Å². The maximum absolute atomic E-state index is 5.66. The van der Waals surface area contributed by atoms with Gasteiger partial charge >= 0.3 is 0 Å². The first-order valence-corrected chi connectivity index (χ1v) is 4.43. The van der Waals surface area contributed by atoms with Crippen LogP contribution < -0.4 is 5.32 Å². The van der Waals surface area contributed by atoms with Gasteiger partial charge in [-0.15, -0.1) is 0 Å². The fourth-order valence-corrected chi connectivity index (χ4v) is 0.993. The molecule has 0 radical (unpaired) electrons. The lowest BCUT2D eigenvalue weighted by molar-refractivity contribution is -0.0418. The zero-order valence-corrected chi connectivity index (χ0v) is 8.76. The van der Waals surface area contributed by atoms with Gasteiger partial charge in [-0.1, -0.05) is 0 Å². The predicted molar refractivity (Wildman–Crippen MR) is 50.4 cm³/mol. The highest BCUT2D eigenvalue weighted by Crippen LogP contribution is 2.02. The summed E-state index contributed by atoms with van der Waals surface area (Å²) in [6, 6.07) is 0.379. The van der Waals surface area contributed by atoms with Crippen molar-refractivity contribution in [2.45, 2.75) is 39.0 Å². The molecule has 3 heteroatoms. The second-order valence-corrected chi connectivity index (χ2v) is 3.18. The first kappa shape index (κ1) is 11.9. The lowest BCUT2D eigenvalue weighted by Crippen LogP contribution is -2.37. The molecule has 0 rings (SSSR count). The third-order valence-corrected chi connectivity index (χ3v) is 2.01. The minimum absolute atomic E-state index is 0.167. The lowest BCUT2D eigenvalue weighted by Gasteiger charge is -2.23. The SMILES string of the molecule is CNC(C)C(C)OC(C)COC. The van der Waals surface area contributed by atoms with Crippen LogP contribution in [-0.2, 0) is 9.47 Å². The smallest absolute Gasteiger partial charge is 0.0784 e. The molecule has 3 atom stereocenters. The number of ether oxygens (including phenoxy) is 2. The molecular formula is C9H21NO2.